The van der Waals surface area contributed by atoms with Gasteiger partial charge in [-0.25, -0.2) is 0 Å². The van der Waals surface area contributed by atoms with E-state index in [2.05, 4.69) is 146 Å². The maximum absolute atomic E-state index is 8.56. The Balaban J connectivity index is 0.000000215. The van der Waals surface area contributed by atoms with Crippen molar-refractivity contribution >= 4 is 50.6 Å². The summed E-state index contributed by atoms with van der Waals surface area (Å²) in [6.45, 7) is 14.7. The van der Waals surface area contributed by atoms with E-state index in [0.29, 0.717) is 0 Å². The molecule has 0 atom stereocenters. The Hall–Kier alpha value is -5.07. The normalized spacial score (nSPS) is 12.3. The van der Waals surface area contributed by atoms with Crippen LogP contribution in [0.5, 0.6) is 0 Å². The molecule has 0 amide bonds. The molecule has 0 saturated heterocycles. The third-order valence-electron chi connectivity index (χ3n) is 11.0. The molecule has 60 heavy (non-hydrogen) atoms. The van der Waals surface area contributed by atoms with Crippen LogP contribution in [0.1, 0.15) is 50.0 Å². The van der Waals surface area contributed by atoms with Gasteiger partial charge in [-0.15, -0.1) is 23.8 Å². The monoisotopic (exact) mass is 1030 g/mol. The van der Waals surface area contributed by atoms with Gasteiger partial charge in [0.25, 0.3) is 0 Å². The molecule has 305 valence electrons. The van der Waals surface area contributed by atoms with Gasteiger partial charge >= 0.3 is 128 Å². The summed E-state index contributed by atoms with van der Waals surface area (Å²) < 4.78 is 26.9. The van der Waals surface area contributed by atoms with E-state index in [1.807, 2.05) is 62.5 Å². The molecule has 1 radical (unpaired) electrons. The summed E-state index contributed by atoms with van der Waals surface area (Å²) in [5.41, 5.74) is 17.1. The minimum atomic E-state index is -2.20. The molecule has 9 rings (SSSR count). The van der Waals surface area contributed by atoms with Gasteiger partial charge in [-0.05, 0) is 86.2 Å². The predicted molar refractivity (Wildman–Crippen MR) is 252 cm³/mol. The van der Waals surface area contributed by atoms with Gasteiger partial charge in [0.15, 0.2) is 0 Å². The topological polar surface area (TPSA) is 43.9 Å². The Morgan fingerprint density at radius 3 is 2.13 bits per heavy atom. The second-order valence-electron chi connectivity index (χ2n) is 17.2. The van der Waals surface area contributed by atoms with E-state index >= 15 is 0 Å². The van der Waals surface area contributed by atoms with Gasteiger partial charge in [0.1, 0.15) is 5.58 Å². The van der Waals surface area contributed by atoms with E-state index < -0.39 is 19.6 Å². The smallest absolute Gasteiger partial charge is 0 e. The van der Waals surface area contributed by atoms with Gasteiger partial charge in [0.2, 0.25) is 0 Å². The fourth-order valence-electron chi connectivity index (χ4n) is 8.42. The molecular weight excluding hydrogens is 971 g/mol. The average Bonchev–Trinajstić information content (AvgIpc) is 3.78. The van der Waals surface area contributed by atoms with Crippen molar-refractivity contribution in [2.75, 3.05) is 0 Å². The molecule has 0 fully saturated rings. The first-order valence-electron chi connectivity index (χ1n) is 21.5. The van der Waals surface area contributed by atoms with Crippen LogP contribution in [-0.2, 0) is 26.5 Å². The van der Waals surface area contributed by atoms with E-state index in [4.69, 9.17) is 12.1 Å². The number of para-hydroxylation sites is 2. The van der Waals surface area contributed by atoms with Gasteiger partial charge in [0, 0.05) is 31.2 Å². The van der Waals surface area contributed by atoms with E-state index in [0.717, 1.165) is 65.6 Å². The molecule has 0 N–H and O–H groups in total. The van der Waals surface area contributed by atoms with Gasteiger partial charge < -0.3 is 8.98 Å². The number of imidazole rings is 1. The number of fused-ring (bicyclic) bond motifs is 4. The molecule has 0 aliphatic heterocycles. The molecule has 4 nitrogen and oxygen atoms in total. The fraction of sp³-hybridized carbons (Fsp3) is 0.222. The molecule has 0 saturated carbocycles. The van der Waals surface area contributed by atoms with E-state index in [-0.39, 0.29) is 26.0 Å². The minimum Gasteiger partial charge on any atom is 0 e. The summed E-state index contributed by atoms with van der Waals surface area (Å²) in [4.78, 5) is 9.71. The maximum atomic E-state index is 8.56. The molecule has 3 aromatic heterocycles. The van der Waals surface area contributed by atoms with Crippen molar-refractivity contribution in [3.8, 4) is 39.5 Å². The Morgan fingerprint density at radius 1 is 0.733 bits per heavy atom. The van der Waals surface area contributed by atoms with Crippen LogP contribution in [0.2, 0.25) is 17.3 Å². The Labute approximate surface area is 374 Å². The van der Waals surface area contributed by atoms with Crippen LogP contribution in [0, 0.1) is 52.7 Å². The van der Waals surface area contributed by atoms with Crippen LogP contribution < -0.4 is 4.40 Å². The van der Waals surface area contributed by atoms with Crippen molar-refractivity contribution < 1.29 is 27.3 Å². The van der Waals surface area contributed by atoms with Crippen molar-refractivity contribution in [1.82, 2.24) is 14.5 Å². The minimum absolute atomic E-state index is 0. The number of aryl methyl sites for hydroxylation is 5. The van der Waals surface area contributed by atoms with E-state index in [1.54, 1.807) is 0 Å². The zero-order chi connectivity index (χ0) is 43.4. The summed E-state index contributed by atoms with van der Waals surface area (Å²) >= 11 is -2.20. The number of hydrogen-bond donors (Lipinski definition) is 0. The summed E-state index contributed by atoms with van der Waals surface area (Å²) in [6, 6.07) is 46.3. The van der Waals surface area contributed by atoms with Crippen LogP contribution in [0.3, 0.4) is 0 Å². The second-order valence-corrected chi connectivity index (χ2v) is 27.7. The quantitative estimate of drug-likeness (QED) is 0.118. The Kier molecular flexibility index (Phi) is 11.8. The number of pyridine rings is 1. The van der Waals surface area contributed by atoms with Crippen LogP contribution in [0.4, 0.5) is 0 Å². The third-order valence-corrected chi connectivity index (χ3v) is 15.2. The Bertz CT molecular complexity index is 3040. The number of benzene rings is 6. The number of nitrogens with zero attached hydrogens (tertiary/aromatic N) is 3. The summed E-state index contributed by atoms with van der Waals surface area (Å²) in [6.07, 6.45) is 0.562. The average molecular weight is 1030 g/mol. The van der Waals surface area contributed by atoms with Crippen LogP contribution >= 0.6 is 0 Å². The number of hydrogen-bond acceptors (Lipinski definition) is 3. The van der Waals surface area contributed by atoms with Crippen molar-refractivity contribution in [1.29, 1.82) is 0 Å². The van der Waals surface area contributed by atoms with Crippen molar-refractivity contribution in [2.45, 2.75) is 72.1 Å². The number of furan rings is 1. The van der Waals surface area contributed by atoms with Crippen molar-refractivity contribution in [2.24, 2.45) is 5.92 Å². The number of rotatable bonds is 7. The molecule has 6 heteroatoms. The molecule has 0 unspecified atom stereocenters. The van der Waals surface area contributed by atoms with Crippen molar-refractivity contribution in [3.05, 3.63) is 167 Å². The molecule has 0 aliphatic carbocycles. The van der Waals surface area contributed by atoms with Gasteiger partial charge in [-0.3, -0.25) is 4.98 Å². The SMILES string of the molecule is Cc1cc(C)c(-n2c(-c3[c-]cc4oc5cc(-c6c(C)cccc6C)ccc5c4c3)nc3ccccc32)c(C)c1.[2H]C([2H])(c1cc(-c2[c-]cccc2)nc[c]1[Ge]([CH3])([CH3])[CH3])C(C)C.[Ir]. The van der Waals surface area contributed by atoms with Gasteiger partial charge in [-0.1, -0.05) is 65.5 Å². The third kappa shape index (κ3) is 8.59. The van der Waals surface area contributed by atoms with E-state index in [1.165, 1.54) is 44.6 Å². The zero-order valence-corrected chi connectivity index (χ0v) is 40.7. The molecule has 6 aromatic carbocycles. The van der Waals surface area contributed by atoms with Gasteiger partial charge in [-0.2, -0.15) is 0 Å². The second kappa shape index (κ2) is 17.5. The largest absolute Gasteiger partial charge is 0 e. The first-order chi connectivity index (χ1) is 29.0. The fourth-order valence-corrected chi connectivity index (χ4v) is 11.4. The number of aromatic nitrogens is 3. The summed E-state index contributed by atoms with van der Waals surface area (Å²) in [5.74, 6) is 7.66. The molecule has 0 bridgehead atoms. The Morgan fingerprint density at radius 2 is 1.45 bits per heavy atom. The predicted octanol–water partition coefficient (Wildman–Crippen LogP) is 13.9. The molecular formula is C54H53GeIrN3O-2. The van der Waals surface area contributed by atoms with E-state index in [9.17, 15) is 0 Å². The maximum Gasteiger partial charge on any atom is 0 e. The zero-order valence-electron chi connectivity index (χ0n) is 38.2. The summed E-state index contributed by atoms with van der Waals surface area (Å²) in [7, 11) is 0. The van der Waals surface area contributed by atoms with Crippen LogP contribution in [0.25, 0.3) is 72.4 Å². The molecule has 0 spiro atoms. The van der Waals surface area contributed by atoms with Crippen LogP contribution in [-0.4, -0.2) is 27.8 Å². The molecule has 3 heterocycles. The first-order valence-corrected chi connectivity index (χ1v) is 27.9. The summed E-state index contributed by atoms with van der Waals surface area (Å²) in [5, 5.41) is 2.17. The molecule has 9 aromatic rings. The van der Waals surface area contributed by atoms with Crippen molar-refractivity contribution in [3.63, 3.8) is 0 Å². The van der Waals surface area contributed by atoms with Gasteiger partial charge in [0.05, 0.1) is 22.4 Å². The van der Waals surface area contributed by atoms with Crippen LogP contribution in [0.15, 0.2) is 126 Å². The molecule has 0 aliphatic rings. The standard InChI is InChI=1S/C36H29N2O.C18H24GeN.Ir/c1-21-17-24(4)35(25(5)18-21)38-31-12-7-6-11-30(31)37-36(38)27-14-16-32-29(19-27)28-15-13-26(20-33(28)39-32)34-22(2)9-8-10-23(34)3;1-14(2)11-16-12-18(15-9-7-6-8-10-15)20-13-17(16)19(3,4)5;/h6-13,15-20H,1-5H3;6-9,12-14H,11H2,1-5H3;/q2*-1;/i;11D2;. The first kappa shape index (κ1) is 40.3.